The summed E-state index contributed by atoms with van der Waals surface area (Å²) < 4.78 is 4.72. The number of methoxy groups -OCH3 is 1. The number of rotatable bonds is 2. The van der Waals surface area contributed by atoms with Crippen LogP contribution in [0.3, 0.4) is 0 Å². The highest BCUT2D eigenvalue weighted by Gasteiger charge is 2.28. The summed E-state index contributed by atoms with van der Waals surface area (Å²) in [5.41, 5.74) is 0. The second-order valence-electron chi connectivity index (χ2n) is 3.69. The maximum atomic E-state index is 11.2. The summed E-state index contributed by atoms with van der Waals surface area (Å²) in [4.78, 5) is 12.2. The number of nitrogens with one attached hydrogen (secondary N) is 1. The fraction of sp³-hybridized carbons (Fsp3) is 0.800. The summed E-state index contributed by atoms with van der Waals surface area (Å²) in [6, 6.07) is 0. The molecule has 0 aromatic heterocycles. The van der Waals surface area contributed by atoms with Crippen LogP contribution in [0.2, 0.25) is 0 Å². The molecule has 3 nitrogen and oxygen atoms in total. The van der Waals surface area contributed by atoms with Crippen molar-refractivity contribution in [3.8, 4) is 0 Å². The molecular weight excluding hydrogens is 198 g/mol. The minimum Gasteiger partial charge on any atom is -0.469 e. The fourth-order valence-electron chi connectivity index (χ4n) is 1.96. The van der Waals surface area contributed by atoms with Crippen molar-refractivity contribution in [1.29, 1.82) is 0 Å². The Morgan fingerprint density at radius 1 is 1.29 bits per heavy atom. The highest BCUT2D eigenvalue weighted by molar-refractivity contribution is 7.80. The average Bonchev–Trinajstić information content (AvgIpc) is 2.27. The third-order valence-electron chi connectivity index (χ3n) is 2.88. The Labute approximate surface area is 90.2 Å². The van der Waals surface area contributed by atoms with E-state index in [1.165, 1.54) is 7.11 Å². The zero-order valence-corrected chi connectivity index (χ0v) is 9.52. The number of esters is 1. The molecule has 4 heteroatoms. The first kappa shape index (κ1) is 11.4. The van der Waals surface area contributed by atoms with Crippen molar-refractivity contribution in [2.24, 2.45) is 11.8 Å². The van der Waals surface area contributed by atoms with Crippen LogP contribution in [-0.4, -0.2) is 25.1 Å². The van der Waals surface area contributed by atoms with E-state index in [0.29, 0.717) is 5.92 Å². The van der Waals surface area contributed by atoms with Gasteiger partial charge in [0.1, 0.15) is 0 Å². The molecule has 0 aliphatic heterocycles. The van der Waals surface area contributed by atoms with Gasteiger partial charge in [-0.1, -0.05) is 12.2 Å². The normalized spacial score (nSPS) is 26.7. The molecule has 0 atom stereocenters. The van der Waals surface area contributed by atoms with E-state index in [9.17, 15) is 4.79 Å². The lowest BCUT2D eigenvalue weighted by atomic mass is 9.82. The number of hydrogen-bond donors (Lipinski definition) is 1. The van der Waals surface area contributed by atoms with Crippen molar-refractivity contribution in [3.63, 3.8) is 0 Å². The predicted octanol–water partition coefficient (Wildman–Crippen LogP) is 1.51. The predicted molar refractivity (Wildman–Crippen MR) is 59.1 cm³/mol. The van der Waals surface area contributed by atoms with Crippen LogP contribution < -0.4 is 5.32 Å². The van der Waals surface area contributed by atoms with Gasteiger partial charge in [0.05, 0.1) is 18.0 Å². The minimum atomic E-state index is -0.0705. The molecule has 1 rings (SSSR count). The fourth-order valence-corrected chi connectivity index (χ4v) is 2.20. The Bertz CT molecular complexity index is 198. The molecule has 0 aromatic rings. The second-order valence-corrected chi connectivity index (χ2v) is 4.13. The molecule has 0 aromatic carbocycles. The number of carbonyl (C=O) groups excluding carboxylic acids is 1. The van der Waals surface area contributed by atoms with Crippen LogP contribution in [0.1, 0.15) is 25.7 Å². The smallest absolute Gasteiger partial charge is 0.308 e. The third kappa shape index (κ3) is 2.67. The zero-order chi connectivity index (χ0) is 10.6. The summed E-state index contributed by atoms with van der Waals surface area (Å²) in [5, 5.41) is 3.01. The van der Waals surface area contributed by atoms with E-state index >= 15 is 0 Å². The lowest BCUT2D eigenvalue weighted by molar-refractivity contribution is -0.146. The van der Waals surface area contributed by atoms with Gasteiger partial charge in [-0.25, -0.2) is 0 Å². The molecule has 0 unspecified atom stereocenters. The van der Waals surface area contributed by atoms with E-state index in [2.05, 4.69) is 5.32 Å². The van der Waals surface area contributed by atoms with Crippen molar-refractivity contribution >= 4 is 23.2 Å². The Kier molecular flexibility index (Phi) is 4.32. The summed E-state index contributed by atoms with van der Waals surface area (Å²) in [7, 11) is 3.31. The van der Waals surface area contributed by atoms with Gasteiger partial charge < -0.3 is 10.1 Å². The first-order valence-corrected chi connectivity index (χ1v) is 5.39. The second kappa shape index (κ2) is 5.29. The van der Waals surface area contributed by atoms with Gasteiger partial charge in [-0.3, -0.25) is 4.79 Å². The van der Waals surface area contributed by atoms with Gasteiger partial charge in [-0.05, 0) is 25.7 Å². The summed E-state index contributed by atoms with van der Waals surface area (Å²) in [6.07, 6.45) is 3.80. The summed E-state index contributed by atoms with van der Waals surface area (Å²) in [6.45, 7) is 0. The molecule has 0 spiro atoms. The molecule has 14 heavy (non-hydrogen) atoms. The van der Waals surface area contributed by atoms with E-state index in [-0.39, 0.29) is 11.9 Å². The lowest BCUT2D eigenvalue weighted by Gasteiger charge is -2.27. The van der Waals surface area contributed by atoms with Gasteiger partial charge in [0.15, 0.2) is 0 Å². The van der Waals surface area contributed by atoms with Gasteiger partial charge in [0.2, 0.25) is 0 Å². The molecule has 0 radical (unpaired) electrons. The topological polar surface area (TPSA) is 38.3 Å². The van der Waals surface area contributed by atoms with E-state index < -0.39 is 0 Å². The van der Waals surface area contributed by atoms with Crippen LogP contribution in [0, 0.1) is 11.8 Å². The van der Waals surface area contributed by atoms with Crippen molar-refractivity contribution in [3.05, 3.63) is 0 Å². The molecule has 1 fully saturated rings. The molecular formula is C10H17NO2S. The monoisotopic (exact) mass is 215 g/mol. The number of ether oxygens (including phenoxy) is 1. The average molecular weight is 215 g/mol. The Balaban J connectivity index is 2.38. The van der Waals surface area contributed by atoms with Gasteiger partial charge in [-0.15, -0.1) is 0 Å². The third-order valence-corrected chi connectivity index (χ3v) is 3.42. The number of carbonyl (C=O) groups is 1. The molecule has 80 valence electrons. The quantitative estimate of drug-likeness (QED) is 0.560. The largest absolute Gasteiger partial charge is 0.469 e. The summed E-state index contributed by atoms with van der Waals surface area (Å²) in [5.74, 6) is 0.477. The Hall–Kier alpha value is -0.640. The van der Waals surface area contributed by atoms with E-state index in [1.807, 2.05) is 7.05 Å². The van der Waals surface area contributed by atoms with Crippen molar-refractivity contribution < 1.29 is 9.53 Å². The molecule has 0 heterocycles. The molecule has 0 bridgehead atoms. The molecule has 1 saturated carbocycles. The molecule has 0 amide bonds. The summed E-state index contributed by atoms with van der Waals surface area (Å²) >= 11 is 5.18. The van der Waals surface area contributed by atoms with Crippen LogP contribution in [-0.2, 0) is 9.53 Å². The van der Waals surface area contributed by atoms with Gasteiger partial charge >= 0.3 is 5.97 Å². The Morgan fingerprint density at radius 2 is 1.79 bits per heavy atom. The first-order chi connectivity index (χ1) is 6.69. The van der Waals surface area contributed by atoms with Gasteiger partial charge in [0, 0.05) is 13.0 Å². The SMILES string of the molecule is CNC(=S)C1CCC(C(=O)OC)CC1. The van der Waals surface area contributed by atoms with Crippen molar-refractivity contribution in [1.82, 2.24) is 5.32 Å². The van der Waals surface area contributed by atoms with Gasteiger partial charge in [0.25, 0.3) is 0 Å². The molecule has 1 N–H and O–H groups in total. The number of thiocarbonyl (C=S) groups is 1. The standard InChI is InChI=1S/C10H17NO2S/c1-11-9(14)7-3-5-8(6-4-7)10(12)13-2/h7-8H,3-6H2,1-2H3,(H,11,14). The maximum Gasteiger partial charge on any atom is 0.308 e. The first-order valence-electron chi connectivity index (χ1n) is 4.98. The zero-order valence-electron chi connectivity index (χ0n) is 8.71. The van der Waals surface area contributed by atoms with Crippen LogP contribution in [0.25, 0.3) is 0 Å². The van der Waals surface area contributed by atoms with E-state index in [1.54, 1.807) is 0 Å². The highest BCUT2D eigenvalue weighted by Crippen LogP contribution is 2.29. The van der Waals surface area contributed by atoms with E-state index in [0.717, 1.165) is 30.7 Å². The van der Waals surface area contributed by atoms with Crippen LogP contribution in [0.15, 0.2) is 0 Å². The minimum absolute atomic E-state index is 0.0705. The maximum absolute atomic E-state index is 11.2. The molecule has 1 aliphatic rings. The van der Waals surface area contributed by atoms with Crippen molar-refractivity contribution in [2.45, 2.75) is 25.7 Å². The number of hydrogen-bond acceptors (Lipinski definition) is 3. The molecule has 1 aliphatic carbocycles. The van der Waals surface area contributed by atoms with E-state index in [4.69, 9.17) is 17.0 Å². The van der Waals surface area contributed by atoms with Crippen LogP contribution in [0.4, 0.5) is 0 Å². The van der Waals surface area contributed by atoms with Crippen LogP contribution in [0.5, 0.6) is 0 Å². The van der Waals surface area contributed by atoms with Crippen molar-refractivity contribution in [2.75, 3.05) is 14.2 Å². The highest BCUT2D eigenvalue weighted by atomic mass is 32.1. The Morgan fingerprint density at radius 3 is 2.21 bits per heavy atom. The lowest BCUT2D eigenvalue weighted by Crippen LogP contribution is -2.31. The van der Waals surface area contributed by atoms with Gasteiger partial charge in [-0.2, -0.15) is 0 Å². The van der Waals surface area contributed by atoms with Crippen LogP contribution >= 0.6 is 12.2 Å². The molecule has 0 saturated heterocycles.